The molecule has 0 aliphatic carbocycles. The van der Waals surface area contributed by atoms with E-state index in [1.807, 2.05) is 32.0 Å². The molecule has 0 aromatic heterocycles. The molecule has 1 aromatic rings. The summed E-state index contributed by atoms with van der Waals surface area (Å²) in [6, 6.07) is 5.80. The standard InChI is InChI=1S/C12H14O3/c1-4-11(15-12(13)14)10-6-8(2)5-9(3)7-10/h4-7,11H,1H2,2-3H3,(H,13,14). The van der Waals surface area contributed by atoms with Crippen LogP contribution in [0.1, 0.15) is 22.8 Å². The molecule has 1 rings (SSSR count). The highest BCUT2D eigenvalue weighted by Gasteiger charge is 2.12. The monoisotopic (exact) mass is 206 g/mol. The number of carboxylic acid groups (broad SMARTS) is 1. The van der Waals surface area contributed by atoms with E-state index in [2.05, 4.69) is 6.58 Å². The lowest BCUT2D eigenvalue weighted by atomic mass is 10.0. The van der Waals surface area contributed by atoms with Crippen LogP contribution in [0.15, 0.2) is 30.9 Å². The molecule has 1 N–H and O–H groups in total. The molecule has 0 saturated carbocycles. The van der Waals surface area contributed by atoms with Gasteiger partial charge in [-0.1, -0.05) is 35.9 Å². The Morgan fingerprint density at radius 2 is 1.93 bits per heavy atom. The summed E-state index contributed by atoms with van der Waals surface area (Å²) in [6.45, 7) is 7.47. The Bertz CT molecular complexity index is 362. The fourth-order valence-corrected chi connectivity index (χ4v) is 1.54. The topological polar surface area (TPSA) is 46.5 Å². The van der Waals surface area contributed by atoms with E-state index in [-0.39, 0.29) is 0 Å². The van der Waals surface area contributed by atoms with Crippen molar-refractivity contribution < 1.29 is 14.6 Å². The van der Waals surface area contributed by atoms with Crippen LogP contribution in [0.2, 0.25) is 0 Å². The summed E-state index contributed by atoms with van der Waals surface area (Å²) in [7, 11) is 0. The van der Waals surface area contributed by atoms with Crippen LogP contribution < -0.4 is 0 Å². The molecule has 0 bridgehead atoms. The van der Waals surface area contributed by atoms with Gasteiger partial charge in [0, 0.05) is 0 Å². The van der Waals surface area contributed by atoms with Crippen LogP contribution in [0.25, 0.3) is 0 Å². The maximum absolute atomic E-state index is 10.4. The van der Waals surface area contributed by atoms with Gasteiger partial charge in [0.2, 0.25) is 0 Å². The minimum atomic E-state index is -1.29. The molecule has 0 radical (unpaired) electrons. The maximum atomic E-state index is 10.4. The smallest absolute Gasteiger partial charge is 0.450 e. The molecule has 0 fully saturated rings. The van der Waals surface area contributed by atoms with E-state index in [9.17, 15) is 4.79 Å². The molecule has 0 aliphatic rings. The summed E-state index contributed by atoms with van der Waals surface area (Å²) in [5.41, 5.74) is 2.96. The van der Waals surface area contributed by atoms with E-state index < -0.39 is 12.3 Å². The average Bonchev–Trinajstić information content (AvgIpc) is 2.12. The highest BCUT2D eigenvalue weighted by Crippen LogP contribution is 2.21. The number of hydrogen-bond acceptors (Lipinski definition) is 2. The Hall–Kier alpha value is -1.77. The third kappa shape index (κ3) is 3.13. The van der Waals surface area contributed by atoms with Crippen molar-refractivity contribution in [3.63, 3.8) is 0 Å². The van der Waals surface area contributed by atoms with Gasteiger partial charge in [-0.3, -0.25) is 0 Å². The summed E-state index contributed by atoms with van der Waals surface area (Å²) in [5.74, 6) is 0. The third-order valence-electron chi connectivity index (χ3n) is 2.01. The van der Waals surface area contributed by atoms with Crippen LogP contribution >= 0.6 is 0 Å². The highest BCUT2D eigenvalue weighted by molar-refractivity contribution is 5.57. The lowest BCUT2D eigenvalue weighted by molar-refractivity contribution is 0.0690. The molecule has 1 unspecified atom stereocenters. The third-order valence-corrected chi connectivity index (χ3v) is 2.01. The molecule has 0 amide bonds. The SMILES string of the molecule is C=CC(OC(=O)O)c1cc(C)cc(C)c1. The first-order valence-electron chi connectivity index (χ1n) is 4.63. The van der Waals surface area contributed by atoms with E-state index in [1.165, 1.54) is 6.08 Å². The summed E-state index contributed by atoms with van der Waals surface area (Å²) in [4.78, 5) is 10.4. The van der Waals surface area contributed by atoms with Crippen LogP contribution in [0.3, 0.4) is 0 Å². The van der Waals surface area contributed by atoms with Crippen molar-refractivity contribution in [3.8, 4) is 0 Å². The normalized spacial score (nSPS) is 11.9. The van der Waals surface area contributed by atoms with Crippen molar-refractivity contribution in [2.75, 3.05) is 0 Å². The molecule has 3 heteroatoms. The second-order valence-corrected chi connectivity index (χ2v) is 3.46. The summed E-state index contributed by atoms with van der Waals surface area (Å²) in [6.07, 6.45) is -0.414. The van der Waals surface area contributed by atoms with Gasteiger partial charge in [0.25, 0.3) is 0 Å². The second kappa shape index (κ2) is 4.64. The van der Waals surface area contributed by atoms with E-state index in [1.54, 1.807) is 0 Å². The number of carbonyl (C=O) groups is 1. The predicted molar refractivity (Wildman–Crippen MR) is 58.0 cm³/mol. The van der Waals surface area contributed by atoms with Crippen molar-refractivity contribution in [3.05, 3.63) is 47.5 Å². The van der Waals surface area contributed by atoms with Gasteiger partial charge in [-0.2, -0.15) is 0 Å². The molecule has 0 spiro atoms. The Kier molecular flexibility index (Phi) is 3.50. The van der Waals surface area contributed by atoms with Crippen molar-refractivity contribution >= 4 is 6.16 Å². The van der Waals surface area contributed by atoms with Crippen LogP contribution in [-0.4, -0.2) is 11.3 Å². The largest absolute Gasteiger partial charge is 0.506 e. The summed E-state index contributed by atoms with van der Waals surface area (Å²) < 4.78 is 4.69. The lowest BCUT2D eigenvalue weighted by Crippen LogP contribution is -2.07. The van der Waals surface area contributed by atoms with Gasteiger partial charge in [-0.25, -0.2) is 4.79 Å². The molecule has 3 nitrogen and oxygen atoms in total. The van der Waals surface area contributed by atoms with Gasteiger partial charge >= 0.3 is 6.16 Å². The number of rotatable bonds is 3. The van der Waals surface area contributed by atoms with Crippen LogP contribution in [0, 0.1) is 13.8 Å². The van der Waals surface area contributed by atoms with Crippen LogP contribution in [0.5, 0.6) is 0 Å². The second-order valence-electron chi connectivity index (χ2n) is 3.46. The first kappa shape index (κ1) is 11.3. The molecule has 1 aromatic carbocycles. The van der Waals surface area contributed by atoms with E-state index in [4.69, 9.17) is 9.84 Å². The van der Waals surface area contributed by atoms with Crippen molar-refractivity contribution in [2.24, 2.45) is 0 Å². The lowest BCUT2D eigenvalue weighted by Gasteiger charge is -2.13. The predicted octanol–water partition coefficient (Wildman–Crippen LogP) is 3.23. The summed E-state index contributed by atoms with van der Waals surface area (Å²) >= 11 is 0. The van der Waals surface area contributed by atoms with E-state index in [0.717, 1.165) is 16.7 Å². The van der Waals surface area contributed by atoms with Gasteiger partial charge in [0.1, 0.15) is 6.10 Å². The molecule has 0 saturated heterocycles. The molecule has 0 aliphatic heterocycles. The number of aryl methyl sites for hydroxylation is 2. The molecular weight excluding hydrogens is 192 g/mol. The minimum Gasteiger partial charge on any atom is -0.450 e. The Balaban J connectivity index is 3.00. The zero-order valence-electron chi connectivity index (χ0n) is 8.86. The number of hydrogen-bond donors (Lipinski definition) is 1. The number of ether oxygens (including phenoxy) is 1. The van der Waals surface area contributed by atoms with Crippen molar-refractivity contribution in [1.29, 1.82) is 0 Å². The zero-order chi connectivity index (χ0) is 11.4. The van der Waals surface area contributed by atoms with E-state index >= 15 is 0 Å². The molecule has 15 heavy (non-hydrogen) atoms. The van der Waals surface area contributed by atoms with Crippen molar-refractivity contribution in [2.45, 2.75) is 20.0 Å². The van der Waals surface area contributed by atoms with Gasteiger partial charge in [0.15, 0.2) is 0 Å². The van der Waals surface area contributed by atoms with Crippen LogP contribution in [-0.2, 0) is 4.74 Å². The minimum absolute atomic E-state index is 0.596. The number of benzene rings is 1. The molecule has 1 atom stereocenters. The first-order chi connectivity index (χ1) is 7.02. The fraction of sp³-hybridized carbons (Fsp3) is 0.250. The zero-order valence-corrected chi connectivity index (χ0v) is 8.86. The Morgan fingerprint density at radius 3 is 2.33 bits per heavy atom. The fourth-order valence-electron chi connectivity index (χ4n) is 1.54. The van der Waals surface area contributed by atoms with Gasteiger partial charge in [-0.15, -0.1) is 0 Å². The van der Waals surface area contributed by atoms with Gasteiger partial charge in [0.05, 0.1) is 0 Å². The Morgan fingerprint density at radius 1 is 1.40 bits per heavy atom. The quantitative estimate of drug-likeness (QED) is 0.610. The van der Waals surface area contributed by atoms with Crippen LogP contribution in [0.4, 0.5) is 4.79 Å². The van der Waals surface area contributed by atoms with Gasteiger partial charge in [-0.05, 0) is 25.5 Å². The highest BCUT2D eigenvalue weighted by atomic mass is 16.7. The average molecular weight is 206 g/mol. The summed E-state index contributed by atoms with van der Waals surface area (Å²) in [5, 5.41) is 8.54. The van der Waals surface area contributed by atoms with Gasteiger partial charge < -0.3 is 9.84 Å². The molecular formula is C12H14O3. The first-order valence-corrected chi connectivity index (χ1v) is 4.63. The van der Waals surface area contributed by atoms with E-state index in [0.29, 0.717) is 0 Å². The maximum Gasteiger partial charge on any atom is 0.506 e. The van der Waals surface area contributed by atoms with Crippen molar-refractivity contribution in [1.82, 2.24) is 0 Å². The molecule has 80 valence electrons. The Labute approximate surface area is 89.0 Å². The molecule has 0 heterocycles.